The number of nitrogens with zero attached hydrogens (tertiary/aromatic N) is 3. The first-order valence-corrected chi connectivity index (χ1v) is 10.9. The molecule has 0 radical (unpaired) electrons. The maximum atomic E-state index is 12.8. The average molecular weight is 449 g/mol. The highest BCUT2D eigenvalue weighted by atomic mass is 35.5. The Morgan fingerprint density at radius 1 is 1.20 bits per heavy atom. The molecule has 0 amide bonds. The fourth-order valence-corrected chi connectivity index (χ4v) is 4.22. The molecule has 0 aliphatic heterocycles. The quantitative estimate of drug-likeness (QED) is 0.480. The predicted molar refractivity (Wildman–Crippen MR) is 110 cm³/mol. The summed E-state index contributed by atoms with van der Waals surface area (Å²) in [7, 11) is -3.93. The monoisotopic (exact) mass is 448 g/mol. The number of hydrogen-bond donors (Lipinski definition) is 1. The van der Waals surface area contributed by atoms with Crippen molar-refractivity contribution in [3.63, 3.8) is 0 Å². The van der Waals surface area contributed by atoms with Crippen molar-refractivity contribution in [3.05, 3.63) is 69.3 Å². The van der Waals surface area contributed by atoms with E-state index in [2.05, 4.69) is 14.9 Å². The number of nitrogens with one attached hydrogen (secondary N) is 1. The molecular weight excluding hydrogens is 432 g/mol. The summed E-state index contributed by atoms with van der Waals surface area (Å²) in [5.41, 5.74) is 1.63. The van der Waals surface area contributed by atoms with Crippen LogP contribution in [-0.2, 0) is 23.0 Å². The third-order valence-electron chi connectivity index (χ3n) is 4.51. The van der Waals surface area contributed by atoms with E-state index >= 15 is 0 Å². The fraction of sp³-hybridized carbons (Fsp3) is 0.211. The summed E-state index contributed by atoms with van der Waals surface area (Å²) in [5.74, 6) is 0.133. The lowest BCUT2D eigenvalue weighted by Gasteiger charge is -2.11. The first-order chi connectivity index (χ1) is 14.3. The van der Waals surface area contributed by atoms with Crippen LogP contribution in [0.2, 0.25) is 5.02 Å². The van der Waals surface area contributed by atoms with E-state index in [0.29, 0.717) is 39.9 Å². The predicted octanol–water partition coefficient (Wildman–Crippen LogP) is 3.35. The molecule has 0 bridgehead atoms. The van der Waals surface area contributed by atoms with E-state index < -0.39 is 15.8 Å². The SMILES string of the molecule is CCc1nc(Cn2c(=O)oc3cc(S(=O)(=O)Nc4cc(Cl)ccc4C)ccc32)no1. The molecule has 0 unspecified atom stereocenters. The number of benzene rings is 2. The zero-order valence-electron chi connectivity index (χ0n) is 16.0. The van der Waals surface area contributed by atoms with Gasteiger partial charge in [-0.05, 0) is 36.8 Å². The highest BCUT2D eigenvalue weighted by Crippen LogP contribution is 2.25. The Balaban J connectivity index is 1.68. The third kappa shape index (κ3) is 3.83. The number of halogens is 1. The molecule has 9 nitrogen and oxygen atoms in total. The topological polar surface area (TPSA) is 120 Å². The van der Waals surface area contributed by atoms with Gasteiger partial charge in [0.05, 0.1) is 22.6 Å². The highest BCUT2D eigenvalue weighted by Gasteiger charge is 2.19. The Kier molecular flexibility index (Phi) is 5.12. The van der Waals surface area contributed by atoms with Gasteiger partial charge in [0.25, 0.3) is 10.0 Å². The van der Waals surface area contributed by atoms with Gasteiger partial charge in [0, 0.05) is 17.5 Å². The van der Waals surface area contributed by atoms with Crippen LogP contribution in [0.15, 0.2) is 55.0 Å². The van der Waals surface area contributed by atoms with Crippen LogP contribution in [0.4, 0.5) is 5.69 Å². The summed E-state index contributed by atoms with van der Waals surface area (Å²) >= 11 is 5.96. The van der Waals surface area contributed by atoms with Gasteiger partial charge in [-0.15, -0.1) is 0 Å². The Bertz CT molecular complexity index is 1400. The Labute approximate surface area is 176 Å². The van der Waals surface area contributed by atoms with E-state index in [9.17, 15) is 13.2 Å². The van der Waals surface area contributed by atoms with Crippen molar-refractivity contribution in [1.29, 1.82) is 0 Å². The second-order valence-electron chi connectivity index (χ2n) is 6.61. The summed E-state index contributed by atoms with van der Waals surface area (Å²) in [4.78, 5) is 16.4. The van der Waals surface area contributed by atoms with Crippen LogP contribution in [0.5, 0.6) is 0 Å². The standard InChI is InChI=1S/C19H17ClN4O5S/c1-3-18-21-17(22-29-18)10-24-15-7-6-13(9-16(15)28-19(24)25)30(26,27)23-14-8-12(20)5-4-11(14)2/h4-9,23H,3,10H2,1-2H3. The second kappa shape index (κ2) is 7.62. The molecule has 11 heteroatoms. The van der Waals surface area contributed by atoms with Crippen molar-refractivity contribution in [1.82, 2.24) is 14.7 Å². The zero-order chi connectivity index (χ0) is 21.5. The minimum atomic E-state index is -3.93. The lowest BCUT2D eigenvalue weighted by Crippen LogP contribution is -2.16. The summed E-state index contributed by atoms with van der Waals surface area (Å²) in [5, 5.41) is 4.23. The van der Waals surface area contributed by atoms with Crippen molar-refractivity contribution in [3.8, 4) is 0 Å². The lowest BCUT2D eigenvalue weighted by atomic mass is 10.2. The molecule has 0 atom stereocenters. The summed E-state index contributed by atoms with van der Waals surface area (Å²) in [6.07, 6.45) is 0.578. The van der Waals surface area contributed by atoms with Gasteiger partial charge in [-0.3, -0.25) is 9.29 Å². The molecule has 4 rings (SSSR count). The molecule has 0 aliphatic carbocycles. The first-order valence-electron chi connectivity index (χ1n) is 9.00. The number of anilines is 1. The number of aromatic nitrogens is 3. The minimum absolute atomic E-state index is 0.0430. The van der Waals surface area contributed by atoms with Crippen LogP contribution in [0.25, 0.3) is 11.1 Å². The normalized spacial score (nSPS) is 11.8. The largest absolute Gasteiger partial charge is 0.420 e. The van der Waals surface area contributed by atoms with Gasteiger partial charge in [0.1, 0.15) is 0 Å². The van der Waals surface area contributed by atoms with Gasteiger partial charge < -0.3 is 8.94 Å². The molecule has 4 aromatic rings. The van der Waals surface area contributed by atoms with Gasteiger partial charge in [-0.1, -0.05) is 29.7 Å². The van der Waals surface area contributed by atoms with Crippen LogP contribution in [0, 0.1) is 6.92 Å². The summed E-state index contributed by atoms with van der Waals surface area (Å²) in [6, 6.07) is 9.10. The summed E-state index contributed by atoms with van der Waals surface area (Å²) < 4.78 is 39.7. The van der Waals surface area contributed by atoms with Crippen molar-refractivity contribution in [2.45, 2.75) is 31.7 Å². The van der Waals surface area contributed by atoms with Crippen LogP contribution in [0.3, 0.4) is 0 Å². The molecule has 2 aromatic heterocycles. The average Bonchev–Trinajstić information content (AvgIpc) is 3.28. The van der Waals surface area contributed by atoms with Crippen LogP contribution in [-0.4, -0.2) is 23.1 Å². The van der Waals surface area contributed by atoms with Crippen LogP contribution < -0.4 is 10.5 Å². The maximum Gasteiger partial charge on any atom is 0.420 e. The van der Waals surface area contributed by atoms with E-state index in [4.69, 9.17) is 20.5 Å². The number of oxazole rings is 1. The van der Waals surface area contributed by atoms with Crippen molar-refractivity contribution < 1.29 is 17.4 Å². The van der Waals surface area contributed by atoms with Gasteiger partial charge in [0.15, 0.2) is 11.4 Å². The lowest BCUT2D eigenvalue weighted by molar-refractivity contribution is 0.375. The molecule has 0 spiro atoms. The molecule has 0 fully saturated rings. The number of sulfonamides is 1. The number of aryl methyl sites for hydroxylation is 2. The van der Waals surface area contributed by atoms with Crippen molar-refractivity contribution in [2.75, 3.05) is 4.72 Å². The Hall–Kier alpha value is -3.11. The van der Waals surface area contributed by atoms with E-state index in [1.807, 2.05) is 6.92 Å². The van der Waals surface area contributed by atoms with Gasteiger partial charge >= 0.3 is 5.76 Å². The molecule has 30 heavy (non-hydrogen) atoms. The Morgan fingerprint density at radius 3 is 2.73 bits per heavy atom. The minimum Gasteiger partial charge on any atom is -0.408 e. The second-order valence-corrected chi connectivity index (χ2v) is 8.73. The zero-order valence-corrected chi connectivity index (χ0v) is 17.6. The molecule has 0 saturated carbocycles. The molecule has 2 heterocycles. The van der Waals surface area contributed by atoms with E-state index in [0.717, 1.165) is 0 Å². The molecule has 156 valence electrons. The molecular formula is C19H17ClN4O5S. The van der Waals surface area contributed by atoms with Gasteiger partial charge in [-0.2, -0.15) is 4.98 Å². The summed E-state index contributed by atoms with van der Waals surface area (Å²) in [6.45, 7) is 3.68. The maximum absolute atomic E-state index is 12.8. The van der Waals surface area contributed by atoms with Gasteiger partial charge in [0.2, 0.25) is 5.89 Å². The van der Waals surface area contributed by atoms with Gasteiger partial charge in [-0.25, -0.2) is 13.2 Å². The van der Waals surface area contributed by atoms with Crippen LogP contribution in [0.1, 0.15) is 24.2 Å². The molecule has 0 saturated heterocycles. The fourth-order valence-electron chi connectivity index (χ4n) is 2.91. The molecule has 0 aliphatic rings. The first kappa shape index (κ1) is 20.2. The number of hydrogen-bond acceptors (Lipinski definition) is 7. The van der Waals surface area contributed by atoms with Crippen molar-refractivity contribution >= 4 is 38.4 Å². The van der Waals surface area contributed by atoms with E-state index in [1.54, 1.807) is 19.1 Å². The van der Waals surface area contributed by atoms with Crippen molar-refractivity contribution in [2.24, 2.45) is 0 Å². The molecule has 1 N–H and O–H groups in total. The third-order valence-corrected chi connectivity index (χ3v) is 6.10. The number of rotatable bonds is 6. The van der Waals surface area contributed by atoms with Crippen LogP contribution >= 0.6 is 11.6 Å². The van der Waals surface area contributed by atoms with E-state index in [-0.39, 0.29) is 17.0 Å². The number of fused-ring (bicyclic) bond motifs is 1. The van der Waals surface area contributed by atoms with E-state index in [1.165, 1.54) is 28.8 Å². The molecule has 2 aromatic carbocycles. The smallest absolute Gasteiger partial charge is 0.408 e. The highest BCUT2D eigenvalue weighted by molar-refractivity contribution is 7.92. The Morgan fingerprint density at radius 2 is 2.00 bits per heavy atom.